The van der Waals surface area contributed by atoms with Gasteiger partial charge in [-0.05, 0) is 48.6 Å². The number of hydrogen-bond acceptors (Lipinski definition) is 5. The summed E-state index contributed by atoms with van der Waals surface area (Å²) in [5, 5.41) is 6.46. The van der Waals surface area contributed by atoms with Crippen LogP contribution in [0.1, 0.15) is 12.5 Å². The quantitative estimate of drug-likeness (QED) is 0.530. The number of ether oxygens (including phenoxy) is 1. The molecule has 8 heteroatoms. The van der Waals surface area contributed by atoms with E-state index in [9.17, 15) is 9.59 Å². The Hall–Kier alpha value is -3.13. The topological polar surface area (TPSA) is 78.2 Å². The molecular formula is C21H22N4O3S. The van der Waals surface area contributed by atoms with Crippen LogP contribution in [0.5, 0.6) is 5.75 Å². The third-order valence-corrected chi connectivity index (χ3v) is 5.80. The summed E-state index contributed by atoms with van der Waals surface area (Å²) in [6, 6.07) is 7.63. The first-order chi connectivity index (χ1) is 14.0. The Labute approximate surface area is 171 Å². The van der Waals surface area contributed by atoms with Crippen LogP contribution in [-0.4, -0.2) is 33.2 Å². The number of aryl methyl sites for hydroxylation is 1. The predicted octanol–water partition coefficient (Wildman–Crippen LogP) is 2.71. The van der Waals surface area contributed by atoms with E-state index >= 15 is 0 Å². The second-order valence-electron chi connectivity index (χ2n) is 7.14. The van der Waals surface area contributed by atoms with Crippen LogP contribution in [0.4, 0.5) is 0 Å². The average Bonchev–Trinajstić information content (AvgIpc) is 3.29. The van der Waals surface area contributed by atoms with Crippen LogP contribution >= 0.6 is 11.3 Å². The lowest BCUT2D eigenvalue weighted by Gasteiger charge is -2.14. The van der Waals surface area contributed by atoms with Gasteiger partial charge in [0, 0.05) is 30.2 Å². The van der Waals surface area contributed by atoms with E-state index in [0.717, 1.165) is 22.2 Å². The van der Waals surface area contributed by atoms with E-state index in [1.807, 2.05) is 37.6 Å². The van der Waals surface area contributed by atoms with Crippen LogP contribution in [0.15, 0.2) is 47.0 Å². The molecule has 1 amide bonds. The predicted molar refractivity (Wildman–Crippen MR) is 115 cm³/mol. The fraction of sp³-hybridized carbons (Fsp3) is 0.286. The molecule has 3 heterocycles. The Kier molecular flexibility index (Phi) is 5.10. The zero-order valence-electron chi connectivity index (χ0n) is 16.5. The molecule has 0 saturated carbocycles. The molecule has 0 saturated heterocycles. The lowest BCUT2D eigenvalue weighted by molar-refractivity contribution is -0.122. The molecule has 1 atom stereocenters. The van der Waals surface area contributed by atoms with Crippen LogP contribution in [-0.2, 0) is 24.8 Å². The van der Waals surface area contributed by atoms with E-state index in [1.165, 1.54) is 22.2 Å². The number of aromatic nitrogens is 3. The maximum Gasteiger partial charge on any atom is 0.262 e. The summed E-state index contributed by atoms with van der Waals surface area (Å²) in [6.07, 6.45) is 4.18. The van der Waals surface area contributed by atoms with Gasteiger partial charge in [-0.1, -0.05) is 0 Å². The molecule has 1 aromatic carbocycles. The van der Waals surface area contributed by atoms with Gasteiger partial charge in [0.1, 0.15) is 17.1 Å². The Bertz CT molecular complexity index is 1250. The second kappa shape index (κ2) is 7.71. The summed E-state index contributed by atoms with van der Waals surface area (Å²) in [4.78, 5) is 29.9. The number of carbonyl (C=O) groups is 1. The first-order valence-electron chi connectivity index (χ1n) is 9.30. The zero-order valence-corrected chi connectivity index (χ0v) is 17.3. The normalized spacial score (nSPS) is 12.4. The summed E-state index contributed by atoms with van der Waals surface area (Å²) < 4.78 is 8.76. The van der Waals surface area contributed by atoms with Crippen molar-refractivity contribution in [2.24, 2.45) is 7.05 Å². The molecule has 0 aliphatic rings. The third-order valence-electron chi connectivity index (χ3n) is 4.98. The van der Waals surface area contributed by atoms with E-state index in [1.54, 1.807) is 13.2 Å². The number of methoxy groups -OCH3 is 1. The van der Waals surface area contributed by atoms with Gasteiger partial charge in [0.2, 0.25) is 5.91 Å². The minimum absolute atomic E-state index is 0.0503. The minimum Gasteiger partial charge on any atom is -0.497 e. The van der Waals surface area contributed by atoms with Gasteiger partial charge in [-0.3, -0.25) is 14.2 Å². The maximum absolute atomic E-state index is 12.5. The van der Waals surface area contributed by atoms with E-state index in [2.05, 4.69) is 21.1 Å². The molecule has 0 spiro atoms. The Balaban J connectivity index is 1.47. The smallest absolute Gasteiger partial charge is 0.262 e. The molecule has 4 aromatic rings. The van der Waals surface area contributed by atoms with Gasteiger partial charge in [-0.2, -0.15) is 0 Å². The molecular weight excluding hydrogens is 388 g/mol. The van der Waals surface area contributed by atoms with Crippen molar-refractivity contribution in [3.8, 4) is 5.75 Å². The van der Waals surface area contributed by atoms with Gasteiger partial charge in [0.25, 0.3) is 5.56 Å². The minimum atomic E-state index is -0.214. The van der Waals surface area contributed by atoms with Gasteiger partial charge in [0.15, 0.2) is 0 Å². The summed E-state index contributed by atoms with van der Waals surface area (Å²) in [7, 11) is 3.65. The number of benzene rings is 1. The highest BCUT2D eigenvalue weighted by molar-refractivity contribution is 7.16. The Morgan fingerprint density at radius 1 is 1.31 bits per heavy atom. The van der Waals surface area contributed by atoms with Crippen molar-refractivity contribution in [2.45, 2.75) is 25.9 Å². The summed E-state index contributed by atoms with van der Waals surface area (Å²) >= 11 is 1.41. The van der Waals surface area contributed by atoms with Crippen molar-refractivity contribution in [1.29, 1.82) is 0 Å². The molecule has 0 radical (unpaired) electrons. The number of nitrogens with one attached hydrogen (secondary N) is 1. The van der Waals surface area contributed by atoms with Crippen molar-refractivity contribution < 1.29 is 9.53 Å². The third kappa shape index (κ3) is 3.75. The number of nitrogens with zero attached hydrogens (tertiary/aromatic N) is 3. The van der Waals surface area contributed by atoms with E-state index in [-0.39, 0.29) is 24.1 Å². The highest BCUT2D eigenvalue weighted by Crippen LogP contribution is 2.26. The Morgan fingerprint density at radius 3 is 2.93 bits per heavy atom. The maximum atomic E-state index is 12.5. The zero-order chi connectivity index (χ0) is 20.5. The van der Waals surface area contributed by atoms with E-state index < -0.39 is 0 Å². The van der Waals surface area contributed by atoms with Gasteiger partial charge < -0.3 is 14.6 Å². The van der Waals surface area contributed by atoms with Crippen LogP contribution in [0.25, 0.3) is 21.1 Å². The molecule has 0 aliphatic carbocycles. The van der Waals surface area contributed by atoms with E-state index in [4.69, 9.17) is 4.74 Å². The summed E-state index contributed by atoms with van der Waals surface area (Å²) in [5.41, 5.74) is 2.05. The van der Waals surface area contributed by atoms with Crippen molar-refractivity contribution >= 4 is 38.4 Å². The molecule has 1 N–H and O–H groups in total. The molecule has 0 fully saturated rings. The SMILES string of the molecule is COc1ccc2c(c1)c(C[C@H](C)NC(=O)Cn1cnc3sccc3c1=O)cn2C. The highest BCUT2D eigenvalue weighted by atomic mass is 32.1. The van der Waals surface area contributed by atoms with Crippen LogP contribution < -0.4 is 15.6 Å². The molecule has 0 bridgehead atoms. The second-order valence-corrected chi connectivity index (χ2v) is 8.03. The van der Waals surface area contributed by atoms with Crippen molar-refractivity contribution in [3.05, 3.63) is 58.1 Å². The first-order valence-corrected chi connectivity index (χ1v) is 10.2. The van der Waals surface area contributed by atoms with Crippen molar-refractivity contribution in [1.82, 2.24) is 19.4 Å². The number of rotatable bonds is 6. The van der Waals surface area contributed by atoms with Crippen LogP contribution in [0.2, 0.25) is 0 Å². The number of amides is 1. The molecule has 4 rings (SSSR count). The Morgan fingerprint density at radius 2 is 2.14 bits per heavy atom. The van der Waals surface area contributed by atoms with Gasteiger partial charge in [-0.15, -0.1) is 11.3 Å². The van der Waals surface area contributed by atoms with Crippen molar-refractivity contribution in [3.63, 3.8) is 0 Å². The van der Waals surface area contributed by atoms with Gasteiger partial charge in [0.05, 0.1) is 18.8 Å². The lowest BCUT2D eigenvalue weighted by Crippen LogP contribution is -2.38. The number of thiophene rings is 1. The fourth-order valence-corrected chi connectivity index (χ4v) is 4.33. The van der Waals surface area contributed by atoms with Crippen LogP contribution in [0, 0.1) is 0 Å². The molecule has 0 unspecified atom stereocenters. The standard InChI is InChI=1S/C21H22N4O3S/c1-13(8-14-10-24(2)18-5-4-15(28-3)9-17(14)18)23-19(26)11-25-12-22-20-16(21(25)27)6-7-29-20/h4-7,9-10,12-13H,8,11H2,1-3H3,(H,23,26)/t13-/m0/s1. The first kappa shape index (κ1) is 19.2. The summed E-state index contributed by atoms with van der Waals surface area (Å²) in [6.45, 7) is 1.91. The number of hydrogen-bond donors (Lipinski definition) is 1. The summed E-state index contributed by atoms with van der Waals surface area (Å²) in [5.74, 6) is 0.589. The van der Waals surface area contributed by atoms with Crippen LogP contribution in [0.3, 0.4) is 0 Å². The monoisotopic (exact) mass is 410 g/mol. The number of carbonyl (C=O) groups excluding carboxylic acids is 1. The van der Waals surface area contributed by atoms with E-state index in [0.29, 0.717) is 16.6 Å². The number of fused-ring (bicyclic) bond motifs is 2. The largest absolute Gasteiger partial charge is 0.497 e. The molecule has 3 aromatic heterocycles. The lowest BCUT2D eigenvalue weighted by atomic mass is 10.1. The van der Waals surface area contributed by atoms with Crippen molar-refractivity contribution in [2.75, 3.05) is 7.11 Å². The molecule has 7 nitrogen and oxygen atoms in total. The highest BCUT2D eigenvalue weighted by Gasteiger charge is 2.15. The van der Waals surface area contributed by atoms with Gasteiger partial charge in [-0.25, -0.2) is 4.98 Å². The fourth-order valence-electron chi connectivity index (χ4n) is 3.60. The average molecular weight is 410 g/mol. The molecule has 29 heavy (non-hydrogen) atoms. The molecule has 0 aliphatic heterocycles. The molecule has 150 valence electrons. The van der Waals surface area contributed by atoms with Gasteiger partial charge >= 0.3 is 0 Å².